The highest BCUT2D eigenvalue weighted by atomic mass is 35.5. The molecule has 1 aliphatic carbocycles. The van der Waals surface area contributed by atoms with Crippen molar-refractivity contribution in [1.82, 2.24) is 24.9 Å². The van der Waals surface area contributed by atoms with E-state index in [1.165, 1.54) is 4.90 Å². The molecule has 1 saturated carbocycles. The topological polar surface area (TPSA) is 183 Å². The number of nitrogens with two attached hydrogens (primary N) is 1. The molecule has 6 aliphatic rings. The molecule has 5 fully saturated rings. The molecule has 4 saturated heterocycles. The minimum atomic E-state index is -1.05. The normalized spacial score (nSPS) is 25.8. The Kier molecular flexibility index (Phi) is 8.63. The number of amides is 5. The molecule has 6 heterocycles. The summed E-state index contributed by atoms with van der Waals surface area (Å²) in [5.74, 6) is -1.23. The summed E-state index contributed by atoms with van der Waals surface area (Å²) in [6.07, 6.45) is 3.26. The fourth-order valence-electron chi connectivity index (χ4n) is 8.34. The summed E-state index contributed by atoms with van der Waals surface area (Å²) < 4.78 is 6.09. The average molecular weight is 723 g/mol. The van der Waals surface area contributed by atoms with Crippen LogP contribution in [-0.4, -0.2) is 97.8 Å². The van der Waals surface area contributed by atoms with Crippen LogP contribution < -0.4 is 15.4 Å². The molecule has 2 aromatic carbocycles. The zero-order valence-corrected chi connectivity index (χ0v) is 28.9. The van der Waals surface area contributed by atoms with Crippen molar-refractivity contribution in [3.05, 3.63) is 81.5 Å². The lowest BCUT2D eigenvalue weighted by atomic mass is 9.86. The summed E-state index contributed by atoms with van der Waals surface area (Å²) >= 11 is 6.16. The summed E-state index contributed by atoms with van der Waals surface area (Å²) in [6, 6.07) is 14.7. The Bertz CT molecular complexity index is 2030. The van der Waals surface area contributed by atoms with E-state index < -0.39 is 29.7 Å². The Morgan fingerprint density at radius 1 is 0.885 bits per heavy atom. The third-order valence-electron chi connectivity index (χ3n) is 11.0. The lowest BCUT2D eigenvalue weighted by Crippen LogP contribution is -2.68. The largest absolute Gasteiger partial charge is 0.490 e. The van der Waals surface area contributed by atoms with E-state index >= 15 is 0 Å². The molecule has 0 radical (unpaired) electrons. The van der Waals surface area contributed by atoms with Gasteiger partial charge in [0.25, 0.3) is 23.6 Å². The van der Waals surface area contributed by atoms with Crippen LogP contribution in [0.5, 0.6) is 5.75 Å². The fraction of sp³-hybridized carbons (Fsp3) is 0.405. The number of hydrogen-bond acceptors (Lipinski definition) is 11. The Morgan fingerprint density at radius 2 is 1.63 bits per heavy atom. The second-order valence-electron chi connectivity index (χ2n) is 14.1. The molecule has 3 aromatic rings. The molecular formula is C37H35ClN8O6. The lowest BCUT2D eigenvalue weighted by Gasteiger charge is -2.56. The highest BCUT2D eigenvalue weighted by Gasteiger charge is 2.49. The molecule has 9 rings (SSSR count). The number of nitrogens with zero attached hydrogens (tertiary/aromatic N) is 7. The second kappa shape index (κ2) is 13.3. The number of fused-ring (bicyclic) bond motifs is 3. The summed E-state index contributed by atoms with van der Waals surface area (Å²) in [5, 5.41) is 17.5. The number of rotatable bonds is 8. The maximum atomic E-state index is 13.9. The van der Waals surface area contributed by atoms with E-state index in [2.05, 4.69) is 20.0 Å². The van der Waals surface area contributed by atoms with Gasteiger partial charge in [0.2, 0.25) is 5.91 Å². The maximum Gasteiger partial charge on any atom is 0.269 e. The third kappa shape index (κ3) is 5.93. The number of piperazine rings is 1. The summed E-state index contributed by atoms with van der Waals surface area (Å²) in [6.45, 7) is 2.06. The first-order valence-electron chi connectivity index (χ1n) is 17.5. The van der Waals surface area contributed by atoms with E-state index in [4.69, 9.17) is 27.3 Å². The molecule has 266 valence electrons. The lowest BCUT2D eigenvalue weighted by molar-refractivity contribution is -0.155. The number of piperidine rings is 2. The molecule has 0 spiro atoms. The van der Waals surface area contributed by atoms with Crippen molar-refractivity contribution in [1.29, 1.82) is 5.26 Å². The van der Waals surface area contributed by atoms with Crippen molar-refractivity contribution < 1.29 is 28.7 Å². The first-order valence-corrected chi connectivity index (χ1v) is 17.8. The van der Waals surface area contributed by atoms with Gasteiger partial charge in [0, 0.05) is 50.2 Å². The van der Waals surface area contributed by atoms with Gasteiger partial charge in [-0.3, -0.25) is 38.7 Å². The van der Waals surface area contributed by atoms with E-state index in [9.17, 15) is 24.0 Å². The number of benzene rings is 2. The molecule has 52 heavy (non-hydrogen) atoms. The van der Waals surface area contributed by atoms with Crippen molar-refractivity contribution in [2.24, 2.45) is 5.73 Å². The average Bonchev–Trinajstić information content (AvgIpc) is 3.39. The Balaban J connectivity index is 0.897. The fourth-order valence-corrected chi connectivity index (χ4v) is 8.55. The zero-order valence-electron chi connectivity index (χ0n) is 28.1. The summed E-state index contributed by atoms with van der Waals surface area (Å²) in [4.78, 5) is 72.7. The van der Waals surface area contributed by atoms with E-state index in [1.54, 1.807) is 42.5 Å². The van der Waals surface area contributed by atoms with Gasteiger partial charge in [-0.2, -0.15) is 5.26 Å². The Hall–Kier alpha value is -5.39. The van der Waals surface area contributed by atoms with Crippen LogP contribution >= 0.6 is 11.6 Å². The Labute approximate surface area is 304 Å². The van der Waals surface area contributed by atoms with Crippen molar-refractivity contribution in [3.8, 4) is 11.8 Å². The van der Waals surface area contributed by atoms with Crippen LogP contribution in [0.4, 0.5) is 5.82 Å². The van der Waals surface area contributed by atoms with Crippen LogP contribution in [0, 0.1) is 11.3 Å². The van der Waals surface area contributed by atoms with E-state index in [-0.39, 0.29) is 59.8 Å². The van der Waals surface area contributed by atoms with E-state index in [0.29, 0.717) is 54.4 Å². The molecule has 5 aliphatic heterocycles. The quantitative estimate of drug-likeness (QED) is 0.337. The zero-order chi connectivity index (χ0) is 36.3. The van der Waals surface area contributed by atoms with Crippen LogP contribution in [0.2, 0.25) is 5.02 Å². The number of aromatic nitrogens is 2. The molecule has 15 heteroatoms. The number of ether oxygens (including phenoxy) is 1. The van der Waals surface area contributed by atoms with E-state index in [1.807, 2.05) is 12.1 Å². The Morgan fingerprint density at radius 3 is 2.31 bits per heavy atom. The predicted octanol–water partition coefficient (Wildman–Crippen LogP) is 3.07. The van der Waals surface area contributed by atoms with E-state index in [0.717, 1.165) is 30.0 Å². The van der Waals surface area contributed by atoms with Gasteiger partial charge < -0.3 is 15.4 Å². The van der Waals surface area contributed by atoms with Gasteiger partial charge in [-0.25, -0.2) is 0 Å². The highest BCUT2D eigenvalue weighted by molar-refractivity contribution is 6.31. The monoisotopic (exact) mass is 722 g/mol. The van der Waals surface area contributed by atoms with Gasteiger partial charge in [-0.05, 0) is 80.5 Å². The molecular weight excluding hydrogens is 688 g/mol. The molecule has 2 N–H and O–H groups in total. The number of likely N-dealkylation sites (tertiary alicyclic amines) is 1. The minimum absolute atomic E-state index is 0.0604. The first kappa shape index (κ1) is 33.7. The van der Waals surface area contributed by atoms with Crippen LogP contribution in [0.25, 0.3) is 0 Å². The van der Waals surface area contributed by atoms with Crippen molar-refractivity contribution >= 4 is 47.0 Å². The van der Waals surface area contributed by atoms with Crippen molar-refractivity contribution in [2.75, 3.05) is 18.0 Å². The molecule has 0 unspecified atom stereocenters. The van der Waals surface area contributed by atoms with Gasteiger partial charge in [0.1, 0.15) is 17.9 Å². The number of carbonyl (C=O) groups is 5. The van der Waals surface area contributed by atoms with Gasteiger partial charge in [0.15, 0.2) is 11.5 Å². The first-order chi connectivity index (χ1) is 25.1. The van der Waals surface area contributed by atoms with Gasteiger partial charge in [0.05, 0.1) is 27.8 Å². The minimum Gasteiger partial charge on any atom is -0.490 e. The molecule has 5 amide bonds. The SMILES string of the molecule is N#Cc1ccc(OC2CCC(N3C(=O)CC[C@@H](N4C(=O)c5ccc(CN6[C@@H]7C[C@@H]6CN(c6ccc(C(N)=O)nn6)C7)cc5C4=O)C3=O)CC2)cc1Cl. The molecule has 1 aromatic heterocycles. The van der Waals surface area contributed by atoms with Crippen LogP contribution in [-0.2, 0) is 16.1 Å². The highest BCUT2D eigenvalue weighted by Crippen LogP contribution is 2.37. The second-order valence-corrected chi connectivity index (χ2v) is 14.5. The molecule has 3 atom stereocenters. The number of carbonyl (C=O) groups excluding carboxylic acids is 5. The van der Waals surface area contributed by atoms with Gasteiger partial charge in [-0.15, -0.1) is 10.2 Å². The van der Waals surface area contributed by atoms with Gasteiger partial charge in [-0.1, -0.05) is 17.7 Å². The molecule has 2 bridgehead atoms. The maximum absolute atomic E-state index is 13.9. The van der Waals surface area contributed by atoms with Crippen LogP contribution in [0.15, 0.2) is 48.5 Å². The standard InChI is InChI=1S/C37H35ClN8O6/c38-29-15-26(5-2-21(29)16-39)52-25-6-3-22(4-7-25)45-33(47)12-10-31(37(45)51)46-35(49)27-8-1-20(13-28(27)36(46)50)17-44-23-14-24(44)19-43(18-23)32-11-9-30(34(40)48)41-42-32/h1-2,5,8-9,11,13,15,22-25,31H,3-4,6-7,10,12,14,17-19H2,(H2,40,48)/t22?,23-,24-,25?,31-/m1/s1. The molecule has 14 nitrogen and oxygen atoms in total. The number of primary amides is 1. The van der Waals surface area contributed by atoms with Gasteiger partial charge >= 0.3 is 0 Å². The predicted molar refractivity (Wildman–Crippen MR) is 185 cm³/mol. The number of halogens is 1. The van der Waals surface area contributed by atoms with Crippen LogP contribution in [0.1, 0.15) is 87.3 Å². The summed E-state index contributed by atoms with van der Waals surface area (Å²) in [5.41, 5.74) is 7.20. The number of hydrogen-bond donors (Lipinski definition) is 1. The smallest absolute Gasteiger partial charge is 0.269 e. The third-order valence-corrected chi connectivity index (χ3v) is 11.3. The van der Waals surface area contributed by atoms with Crippen molar-refractivity contribution in [3.63, 3.8) is 0 Å². The number of anilines is 1. The number of imide groups is 2. The van der Waals surface area contributed by atoms with Crippen molar-refractivity contribution in [2.45, 2.75) is 81.8 Å². The summed E-state index contributed by atoms with van der Waals surface area (Å²) in [7, 11) is 0. The van der Waals surface area contributed by atoms with Crippen LogP contribution in [0.3, 0.4) is 0 Å². The number of nitriles is 1.